The van der Waals surface area contributed by atoms with Gasteiger partial charge >= 0.3 is 0 Å². The molecule has 1 aliphatic heterocycles. The summed E-state index contributed by atoms with van der Waals surface area (Å²) in [4.78, 5) is 0. The van der Waals surface area contributed by atoms with E-state index in [1.807, 2.05) is 6.07 Å². The highest BCUT2D eigenvalue weighted by molar-refractivity contribution is 8.00. The minimum absolute atomic E-state index is 0.231. The van der Waals surface area contributed by atoms with Crippen LogP contribution in [-0.4, -0.2) is 16.1 Å². The van der Waals surface area contributed by atoms with Crippen molar-refractivity contribution < 1.29 is 9.50 Å². The Morgan fingerprint density at radius 1 is 1.53 bits per heavy atom. The Morgan fingerprint density at radius 2 is 2.27 bits per heavy atom. The van der Waals surface area contributed by atoms with E-state index in [1.54, 1.807) is 24.8 Å². The van der Waals surface area contributed by atoms with Gasteiger partial charge in [0.25, 0.3) is 0 Å². The van der Waals surface area contributed by atoms with E-state index < -0.39 is 5.60 Å². The third-order valence-corrected chi connectivity index (χ3v) is 4.32. The maximum atomic E-state index is 13.4. The zero-order chi connectivity index (χ0) is 11.1. The minimum Gasteiger partial charge on any atom is -0.384 e. The molecule has 1 N–H and O–H groups in total. The lowest BCUT2D eigenvalue weighted by Gasteiger charge is -2.22. The quantitative estimate of drug-likeness (QED) is 0.794. The molecule has 1 aromatic carbocycles. The van der Waals surface area contributed by atoms with Gasteiger partial charge in [-0.3, -0.25) is 0 Å². The molecule has 1 nitrogen and oxygen atoms in total. The standard InChI is InChI=1S/C12H15FOS/c1-8-3-4-10(5-11(8)13)12(14)6-9(2)15-7-12/h3-5,9,14H,6-7H2,1-2H3. The summed E-state index contributed by atoms with van der Waals surface area (Å²) in [6, 6.07) is 5.03. The van der Waals surface area contributed by atoms with Gasteiger partial charge in [-0.1, -0.05) is 19.1 Å². The number of halogens is 1. The molecule has 15 heavy (non-hydrogen) atoms. The number of hydrogen-bond donors (Lipinski definition) is 1. The predicted octanol–water partition coefficient (Wildman–Crippen LogP) is 2.85. The van der Waals surface area contributed by atoms with E-state index >= 15 is 0 Å². The van der Waals surface area contributed by atoms with Gasteiger partial charge in [0.15, 0.2) is 0 Å². The lowest BCUT2D eigenvalue weighted by Crippen LogP contribution is -2.25. The van der Waals surface area contributed by atoms with Crippen LogP contribution in [-0.2, 0) is 5.60 Å². The molecule has 1 aliphatic rings. The van der Waals surface area contributed by atoms with Crippen molar-refractivity contribution in [3.63, 3.8) is 0 Å². The molecule has 2 atom stereocenters. The Hall–Kier alpha value is -0.540. The molecular formula is C12H15FOS. The SMILES string of the molecule is Cc1ccc(C2(O)CSC(C)C2)cc1F. The third kappa shape index (κ3) is 2.04. The Labute approximate surface area is 93.7 Å². The van der Waals surface area contributed by atoms with Crippen LogP contribution < -0.4 is 0 Å². The summed E-state index contributed by atoms with van der Waals surface area (Å²) in [6.07, 6.45) is 0.708. The van der Waals surface area contributed by atoms with E-state index in [4.69, 9.17) is 0 Å². The molecule has 2 rings (SSSR count). The first-order valence-corrected chi connectivity index (χ1v) is 6.17. The number of hydrogen-bond acceptors (Lipinski definition) is 2. The lowest BCUT2D eigenvalue weighted by molar-refractivity contribution is 0.0609. The highest BCUT2D eigenvalue weighted by Gasteiger charge is 2.37. The summed E-state index contributed by atoms with van der Waals surface area (Å²) in [6.45, 7) is 3.82. The van der Waals surface area contributed by atoms with Crippen LogP contribution in [0.25, 0.3) is 0 Å². The van der Waals surface area contributed by atoms with Crippen molar-refractivity contribution in [2.75, 3.05) is 5.75 Å². The van der Waals surface area contributed by atoms with Crippen LogP contribution in [0.4, 0.5) is 4.39 Å². The van der Waals surface area contributed by atoms with Crippen LogP contribution >= 0.6 is 11.8 Å². The zero-order valence-electron chi connectivity index (χ0n) is 8.96. The van der Waals surface area contributed by atoms with Crippen molar-refractivity contribution in [1.82, 2.24) is 0 Å². The molecule has 0 radical (unpaired) electrons. The Kier molecular flexibility index (Phi) is 2.77. The van der Waals surface area contributed by atoms with Gasteiger partial charge in [0.1, 0.15) is 5.82 Å². The van der Waals surface area contributed by atoms with E-state index in [-0.39, 0.29) is 5.82 Å². The maximum Gasteiger partial charge on any atom is 0.126 e. The van der Waals surface area contributed by atoms with E-state index in [1.165, 1.54) is 6.07 Å². The van der Waals surface area contributed by atoms with Crippen LogP contribution in [0.2, 0.25) is 0 Å². The van der Waals surface area contributed by atoms with Gasteiger partial charge in [0, 0.05) is 11.0 Å². The van der Waals surface area contributed by atoms with Crippen molar-refractivity contribution in [3.8, 4) is 0 Å². The fraction of sp³-hybridized carbons (Fsp3) is 0.500. The van der Waals surface area contributed by atoms with Gasteiger partial charge in [-0.05, 0) is 30.5 Å². The fourth-order valence-electron chi connectivity index (χ4n) is 1.96. The van der Waals surface area contributed by atoms with Crippen LogP contribution in [0, 0.1) is 12.7 Å². The molecule has 0 aromatic heterocycles. The van der Waals surface area contributed by atoms with Crippen molar-refractivity contribution in [2.24, 2.45) is 0 Å². The molecule has 0 spiro atoms. The van der Waals surface area contributed by atoms with E-state index in [9.17, 15) is 9.50 Å². The average Bonchev–Trinajstić information content (AvgIpc) is 2.52. The Morgan fingerprint density at radius 3 is 2.80 bits per heavy atom. The Bertz CT molecular complexity index is 380. The molecule has 1 saturated heterocycles. The van der Waals surface area contributed by atoms with Crippen LogP contribution in [0.1, 0.15) is 24.5 Å². The minimum atomic E-state index is -0.835. The summed E-state index contributed by atoms with van der Waals surface area (Å²) in [5.41, 5.74) is 0.502. The average molecular weight is 226 g/mol. The van der Waals surface area contributed by atoms with Gasteiger partial charge < -0.3 is 5.11 Å². The number of thioether (sulfide) groups is 1. The van der Waals surface area contributed by atoms with Crippen LogP contribution in [0.15, 0.2) is 18.2 Å². The van der Waals surface area contributed by atoms with Gasteiger partial charge in [0.05, 0.1) is 5.60 Å². The maximum absolute atomic E-state index is 13.4. The Balaban J connectivity index is 2.33. The molecular weight excluding hydrogens is 211 g/mol. The fourth-order valence-corrected chi connectivity index (χ4v) is 3.20. The van der Waals surface area contributed by atoms with E-state index in [0.717, 1.165) is 0 Å². The monoisotopic (exact) mass is 226 g/mol. The van der Waals surface area contributed by atoms with Gasteiger partial charge in [0.2, 0.25) is 0 Å². The molecule has 0 saturated carbocycles. The van der Waals surface area contributed by atoms with E-state index in [0.29, 0.717) is 28.6 Å². The number of rotatable bonds is 1. The molecule has 1 fully saturated rings. The van der Waals surface area contributed by atoms with Crippen LogP contribution in [0.5, 0.6) is 0 Å². The van der Waals surface area contributed by atoms with Crippen LogP contribution in [0.3, 0.4) is 0 Å². The lowest BCUT2D eigenvalue weighted by atomic mass is 9.91. The summed E-state index contributed by atoms with van der Waals surface area (Å²) in [5.74, 6) is 0.432. The van der Waals surface area contributed by atoms with E-state index in [2.05, 4.69) is 6.92 Å². The summed E-state index contributed by atoms with van der Waals surface area (Å²) in [5, 5.41) is 10.8. The van der Waals surface area contributed by atoms with Crippen molar-refractivity contribution in [3.05, 3.63) is 35.1 Å². The molecule has 1 heterocycles. The summed E-state index contributed by atoms with van der Waals surface area (Å²) >= 11 is 1.74. The second kappa shape index (κ2) is 3.80. The molecule has 1 aromatic rings. The second-order valence-electron chi connectivity index (χ2n) is 4.32. The molecule has 82 valence electrons. The first-order chi connectivity index (χ1) is 7.01. The van der Waals surface area contributed by atoms with Gasteiger partial charge in [-0.2, -0.15) is 11.8 Å². The largest absolute Gasteiger partial charge is 0.384 e. The normalized spacial score (nSPS) is 30.8. The first-order valence-electron chi connectivity index (χ1n) is 5.12. The molecule has 0 bridgehead atoms. The summed E-state index contributed by atoms with van der Waals surface area (Å²) in [7, 11) is 0. The highest BCUT2D eigenvalue weighted by atomic mass is 32.2. The van der Waals surface area contributed by atoms with Crippen molar-refractivity contribution in [2.45, 2.75) is 31.1 Å². The molecule has 2 unspecified atom stereocenters. The smallest absolute Gasteiger partial charge is 0.126 e. The third-order valence-electron chi connectivity index (χ3n) is 2.94. The van der Waals surface area contributed by atoms with Crippen molar-refractivity contribution >= 4 is 11.8 Å². The summed E-state index contributed by atoms with van der Waals surface area (Å²) < 4.78 is 13.4. The predicted molar refractivity (Wildman–Crippen MR) is 61.6 cm³/mol. The molecule has 0 aliphatic carbocycles. The second-order valence-corrected chi connectivity index (χ2v) is 5.75. The molecule has 0 amide bonds. The number of aliphatic hydroxyl groups is 1. The van der Waals surface area contributed by atoms with Crippen molar-refractivity contribution in [1.29, 1.82) is 0 Å². The first kappa shape index (κ1) is 11.0. The topological polar surface area (TPSA) is 20.2 Å². The zero-order valence-corrected chi connectivity index (χ0v) is 9.77. The molecule has 3 heteroatoms. The number of benzene rings is 1. The van der Waals surface area contributed by atoms with Gasteiger partial charge in [-0.15, -0.1) is 0 Å². The number of aryl methyl sites for hydroxylation is 1. The van der Waals surface area contributed by atoms with Gasteiger partial charge in [-0.25, -0.2) is 4.39 Å². The highest BCUT2D eigenvalue weighted by Crippen LogP contribution is 2.41.